The number of carbonyl (C=O) groups is 1. The van der Waals surface area contributed by atoms with Crippen molar-refractivity contribution in [2.45, 2.75) is 32.4 Å². The van der Waals surface area contributed by atoms with Crippen LogP contribution in [0.4, 0.5) is 0 Å². The van der Waals surface area contributed by atoms with Crippen LogP contribution in [0.2, 0.25) is 5.02 Å². The zero-order chi connectivity index (χ0) is 18.2. The van der Waals surface area contributed by atoms with Crippen molar-refractivity contribution in [3.05, 3.63) is 58.9 Å². The topological polar surface area (TPSA) is 54.5 Å². The van der Waals surface area contributed by atoms with Gasteiger partial charge in [-0.2, -0.15) is 0 Å². The van der Waals surface area contributed by atoms with Crippen molar-refractivity contribution < 1.29 is 9.53 Å². The van der Waals surface area contributed by atoms with E-state index < -0.39 is 0 Å². The average Bonchev–Trinajstić information content (AvgIpc) is 3.06. The quantitative estimate of drug-likeness (QED) is 0.684. The maximum Gasteiger partial charge on any atom is 0.222 e. The van der Waals surface area contributed by atoms with E-state index in [-0.39, 0.29) is 5.91 Å². The third-order valence-corrected chi connectivity index (χ3v) is 4.64. The highest BCUT2D eigenvalue weighted by molar-refractivity contribution is 6.30. The Morgan fingerprint density at radius 3 is 3.00 bits per heavy atom. The summed E-state index contributed by atoms with van der Waals surface area (Å²) in [4.78, 5) is 17.6. The predicted molar refractivity (Wildman–Crippen MR) is 102 cm³/mol. The summed E-state index contributed by atoms with van der Waals surface area (Å²) >= 11 is 6.14. The molecule has 1 amide bonds. The van der Waals surface area contributed by atoms with Crippen molar-refractivity contribution in [2.24, 2.45) is 0 Å². The molecule has 3 rings (SSSR count). The Hall–Kier alpha value is -2.11. The van der Waals surface area contributed by atoms with Crippen LogP contribution in [0.3, 0.4) is 0 Å². The third kappa shape index (κ3) is 5.44. The van der Waals surface area contributed by atoms with E-state index in [9.17, 15) is 4.79 Å². The summed E-state index contributed by atoms with van der Waals surface area (Å²) in [7, 11) is 0. The van der Waals surface area contributed by atoms with Crippen molar-refractivity contribution in [3.63, 3.8) is 0 Å². The zero-order valence-corrected chi connectivity index (χ0v) is 15.5. The highest BCUT2D eigenvalue weighted by atomic mass is 35.5. The summed E-state index contributed by atoms with van der Waals surface area (Å²) in [5, 5.41) is 4.11. The summed E-state index contributed by atoms with van der Waals surface area (Å²) in [5.41, 5.74) is 2.05. The number of aromatic nitrogens is 1. The number of halogens is 1. The van der Waals surface area contributed by atoms with Crippen molar-refractivity contribution >= 4 is 17.5 Å². The summed E-state index contributed by atoms with van der Waals surface area (Å²) in [6, 6.07) is 9.55. The van der Waals surface area contributed by atoms with Gasteiger partial charge in [-0.3, -0.25) is 9.78 Å². The number of benzene rings is 1. The van der Waals surface area contributed by atoms with Crippen LogP contribution < -0.4 is 10.1 Å². The highest BCUT2D eigenvalue weighted by Gasteiger charge is 2.18. The van der Waals surface area contributed by atoms with Gasteiger partial charge >= 0.3 is 0 Å². The van der Waals surface area contributed by atoms with Crippen molar-refractivity contribution in [2.75, 3.05) is 19.6 Å². The minimum Gasteiger partial charge on any atom is -0.489 e. The number of amides is 1. The Morgan fingerprint density at radius 2 is 2.23 bits per heavy atom. The Labute approximate surface area is 159 Å². The number of rotatable bonds is 9. The maximum atomic E-state index is 11.6. The Bertz CT molecular complexity index is 724. The fraction of sp³-hybridized carbons (Fsp3) is 0.400. The van der Waals surface area contributed by atoms with Gasteiger partial charge in [0.25, 0.3) is 0 Å². The van der Waals surface area contributed by atoms with E-state index in [0.29, 0.717) is 24.6 Å². The van der Waals surface area contributed by atoms with Crippen LogP contribution >= 0.6 is 11.6 Å². The molecule has 0 unspecified atom stereocenters. The van der Waals surface area contributed by atoms with Crippen molar-refractivity contribution in [3.8, 4) is 5.75 Å². The number of ether oxygens (including phenoxy) is 1. The first-order valence-corrected chi connectivity index (χ1v) is 9.39. The van der Waals surface area contributed by atoms with Gasteiger partial charge < -0.3 is 15.0 Å². The first kappa shape index (κ1) is 18.7. The molecular weight excluding hydrogens is 350 g/mol. The third-order valence-electron chi connectivity index (χ3n) is 4.41. The number of nitrogens with zero attached hydrogens (tertiary/aromatic N) is 2. The number of carbonyl (C=O) groups excluding carboxylic acids is 1. The van der Waals surface area contributed by atoms with Gasteiger partial charge in [0.2, 0.25) is 5.91 Å². The minimum absolute atomic E-state index is 0.283. The van der Waals surface area contributed by atoms with Gasteiger partial charge in [-0.25, -0.2) is 0 Å². The second kappa shape index (κ2) is 9.55. The molecule has 2 heterocycles. The van der Waals surface area contributed by atoms with Crippen molar-refractivity contribution in [1.82, 2.24) is 15.2 Å². The van der Waals surface area contributed by atoms with Gasteiger partial charge in [-0.05, 0) is 43.7 Å². The van der Waals surface area contributed by atoms with E-state index in [4.69, 9.17) is 16.3 Å². The lowest BCUT2D eigenvalue weighted by Gasteiger charge is -2.16. The van der Waals surface area contributed by atoms with Crippen LogP contribution in [-0.4, -0.2) is 35.4 Å². The smallest absolute Gasteiger partial charge is 0.222 e. The molecular formula is C20H24ClN3O2. The Morgan fingerprint density at radius 1 is 1.31 bits per heavy atom. The van der Waals surface area contributed by atoms with Crippen molar-refractivity contribution in [1.29, 1.82) is 0 Å². The van der Waals surface area contributed by atoms with Crippen LogP contribution in [0.5, 0.6) is 5.75 Å². The number of pyridine rings is 1. The molecule has 0 atom stereocenters. The Kier molecular flexibility index (Phi) is 6.86. The predicted octanol–water partition coefficient (Wildman–Crippen LogP) is 3.42. The molecule has 2 aromatic rings. The van der Waals surface area contributed by atoms with E-state index in [2.05, 4.69) is 10.3 Å². The molecule has 1 aliphatic heterocycles. The molecule has 0 saturated carbocycles. The number of nitrogens with one attached hydrogen (secondary N) is 1. The average molecular weight is 374 g/mol. The molecule has 0 aliphatic carbocycles. The fourth-order valence-electron chi connectivity index (χ4n) is 3.03. The zero-order valence-electron chi connectivity index (χ0n) is 14.8. The van der Waals surface area contributed by atoms with E-state index in [1.807, 2.05) is 35.2 Å². The summed E-state index contributed by atoms with van der Waals surface area (Å²) in [6.07, 6.45) is 6.18. The van der Waals surface area contributed by atoms with Gasteiger partial charge in [0.15, 0.2) is 0 Å². The lowest BCUT2D eigenvalue weighted by Crippen LogP contribution is -2.28. The van der Waals surface area contributed by atoms with E-state index in [1.165, 1.54) is 0 Å². The molecule has 5 nitrogen and oxygen atoms in total. The normalized spacial score (nSPS) is 14.0. The van der Waals surface area contributed by atoms with Gasteiger partial charge in [-0.15, -0.1) is 0 Å². The number of hydrogen-bond donors (Lipinski definition) is 1. The molecule has 1 N–H and O–H groups in total. The molecule has 0 spiro atoms. The molecule has 0 bridgehead atoms. The van der Waals surface area contributed by atoms with Gasteiger partial charge in [0.1, 0.15) is 12.4 Å². The summed E-state index contributed by atoms with van der Waals surface area (Å²) in [6.45, 7) is 3.72. The molecule has 138 valence electrons. The largest absolute Gasteiger partial charge is 0.489 e. The maximum absolute atomic E-state index is 11.6. The first-order chi connectivity index (χ1) is 12.7. The van der Waals surface area contributed by atoms with E-state index in [1.54, 1.807) is 12.4 Å². The second-order valence-corrected chi connectivity index (χ2v) is 6.85. The lowest BCUT2D eigenvalue weighted by atomic mass is 10.2. The Balaban J connectivity index is 1.47. The molecule has 6 heteroatoms. The molecule has 1 aromatic heterocycles. The molecule has 1 fully saturated rings. The highest BCUT2D eigenvalue weighted by Crippen LogP contribution is 2.23. The van der Waals surface area contributed by atoms with Crippen LogP contribution in [-0.2, 0) is 17.9 Å². The standard InChI is InChI=1S/C20H24ClN3O2/c21-18-6-7-19(26-15-16-4-1-8-22-13-16)17(12-18)14-23-9-3-11-24-10-2-5-20(24)25/h1,4,6-8,12-13,23H,2-3,5,9-11,14-15H2. The van der Waals surface area contributed by atoms with Crippen LogP contribution in [0, 0.1) is 0 Å². The SMILES string of the molecule is O=C1CCCN1CCCNCc1cc(Cl)ccc1OCc1cccnc1. The molecule has 0 radical (unpaired) electrons. The number of hydrogen-bond acceptors (Lipinski definition) is 4. The van der Waals surface area contributed by atoms with E-state index in [0.717, 1.165) is 49.4 Å². The lowest BCUT2D eigenvalue weighted by molar-refractivity contribution is -0.127. The molecule has 1 aliphatic rings. The van der Waals surface area contributed by atoms with Gasteiger partial charge in [-0.1, -0.05) is 17.7 Å². The van der Waals surface area contributed by atoms with Crippen LogP contribution in [0.1, 0.15) is 30.4 Å². The molecule has 26 heavy (non-hydrogen) atoms. The minimum atomic E-state index is 0.283. The summed E-state index contributed by atoms with van der Waals surface area (Å²) in [5.74, 6) is 1.10. The van der Waals surface area contributed by atoms with Gasteiger partial charge in [0.05, 0.1) is 0 Å². The summed E-state index contributed by atoms with van der Waals surface area (Å²) < 4.78 is 5.94. The van der Waals surface area contributed by atoms with Crippen LogP contribution in [0.15, 0.2) is 42.7 Å². The van der Waals surface area contributed by atoms with E-state index >= 15 is 0 Å². The van der Waals surface area contributed by atoms with Gasteiger partial charge in [0, 0.05) is 54.6 Å². The number of likely N-dealkylation sites (tertiary alicyclic amines) is 1. The molecule has 1 saturated heterocycles. The van der Waals surface area contributed by atoms with Crippen LogP contribution in [0.25, 0.3) is 0 Å². The fourth-order valence-corrected chi connectivity index (χ4v) is 3.22. The molecule has 1 aromatic carbocycles. The first-order valence-electron chi connectivity index (χ1n) is 9.01. The monoisotopic (exact) mass is 373 g/mol. The second-order valence-electron chi connectivity index (χ2n) is 6.42.